The lowest BCUT2D eigenvalue weighted by molar-refractivity contribution is -0.384. The van der Waals surface area contributed by atoms with Gasteiger partial charge in [0.05, 0.1) is 35.9 Å². The summed E-state index contributed by atoms with van der Waals surface area (Å²) in [5.41, 5.74) is 1.48. The lowest BCUT2D eigenvalue weighted by atomic mass is 9.64. The molecule has 4 aromatic rings. The number of benzene rings is 4. The standard InChI is InChI=1S/C32H22N2O7/c1-40-19-12-14-24(25(15-19)34(38)39)33-30(35)26-22(17-7-3-2-4-8-17)16-23-21-13-11-18-9-5-6-10-20(18)29(21)41-32(37)27(23)28(26)31(33)36/h2-16,22,26-28H,1H3/t22-,26+,27+,28-/m0/s1. The van der Waals surface area contributed by atoms with E-state index < -0.39 is 52.1 Å². The fourth-order valence-corrected chi connectivity index (χ4v) is 6.49. The maximum atomic E-state index is 14.2. The predicted octanol–water partition coefficient (Wildman–Crippen LogP) is 5.28. The van der Waals surface area contributed by atoms with Crippen molar-refractivity contribution in [3.05, 3.63) is 112 Å². The van der Waals surface area contributed by atoms with E-state index in [1.807, 2.05) is 72.8 Å². The number of rotatable bonds is 4. The second-order valence-electron chi connectivity index (χ2n) is 10.3. The van der Waals surface area contributed by atoms with Crippen LogP contribution >= 0.6 is 0 Å². The summed E-state index contributed by atoms with van der Waals surface area (Å²) < 4.78 is 11.0. The predicted molar refractivity (Wildman–Crippen MR) is 149 cm³/mol. The summed E-state index contributed by atoms with van der Waals surface area (Å²) in [6.07, 6.45) is 1.90. The fraction of sp³-hybridized carbons (Fsp3) is 0.156. The molecule has 1 aliphatic carbocycles. The van der Waals surface area contributed by atoms with Crippen LogP contribution in [0.25, 0.3) is 16.3 Å². The summed E-state index contributed by atoms with van der Waals surface area (Å²) in [4.78, 5) is 54.2. The van der Waals surface area contributed by atoms with Crippen LogP contribution in [0.2, 0.25) is 0 Å². The van der Waals surface area contributed by atoms with E-state index in [4.69, 9.17) is 9.47 Å². The number of nitro groups is 1. The number of nitro benzene ring substituents is 1. The average molecular weight is 547 g/mol. The monoisotopic (exact) mass is 546 g/mol. The third-order valence-electron chi connectivity index (χ3n) is 8.29. The summed E-state index contributed by atoms with van der Waals surface area (Å²) >= 11 is 0. The number of hydrogen-bond donors (Lipinski definition) is 0. The first-order valence-electron chi connectivity index (χ1n) is 13.1. The highest BCUT2D eigenvalue weighted by atomic mass is 16.6. The first-order chi connectivity index (χ1) is 19.9. The minimum atomic E-state index is -1.11. The number of amides is 2. The first kappa shape index (κ1) is 24.7. The molecule has 2 amide bonds. The molecule has 1 fully saturated rings. The van der Waals surface area contributed by atoms with Gasteiger partial charge in [-0.25, -0.2) is 4.90 Å². The van der Waals surface area contributed by atoms with Gasteiger partial charge in [0, 0.05) is 16.9 Å². The van der Waals surface area contributed by atoms with Gasteiger partial charge in [0.25, 0.3) is 5.69 Å². The summed E-state index contributed by atoms with van der Waals surface area (Å²) in [6, 6.07) is 24.6. The van der Waals surface area contributed by atoms with Crippen molar-refractivity contribution in [2.45, 2.75) is 5.92 Å². The third-order valence-corrected chi connectivity index (χ3v) is 8.29. The second-order valence-corrected chi connectivity index (χ2v) is 10.3. The zero-order valence-corrected chi connectivity index (χ0v) is 21.7. The van der Waals surface area contributed by atoms with E-state index in [1.165, 1.54) is 25.3 Å². The molecule has 202 valence electrons. The molecule has 4 aromatic carbocycles. The highest BCUT2D eigenvalue weighted by Crippen LogP contribution is 2.56. The molecule has 2 aliphatic heterocycles. The number of nitrogens with zero attached hydrogens (tertiary/aromatic N) is 2. The molecule has 9 nitrogen and oxygen atoms in total. The van der Waals surface area contributed by atoms with Gasteiger partial charge in [-0.2, -0.15) is 0 Å². The fourth-order valence-electron chi connectivity index (χ4n) is 6.49. The van der Waals surface area contributed by atoms with Crippen molar-refractivity contribution >= 4 is 45.5 Å². The van der Waals surface area contributed by atoms with Crippen LogP contribution in [0.1, 0.15) is 17.0 Å². The van der Waals surface area contributed by atoms with Crippen LogP contribution in [0.3, 0.4) is 0 Å². The van der Waals surface area contributed by atoms with Crippen LogP contribution in [-0.2, 0) is 14.4 Å². The van der Waals surface area contributed by atoms with Gasteiger partial charge in [-0.1, -0.05) is 72.8 Å². The largest absolute Gasteiger partial charge is 0.496 e. The molecule has 4 atom stereocenters. The molecule has 0 saturated carbocycles. The number of allylic oxidation sites excluding steroid dienone is 1. The van der Waals surface area contributed by atoms with Gasteiger partial charge in [0.1, 0.15) is 17.2 Å². The molecule has 9 heteroatoms. The molecule has 7 rings (SSSR count). The summed E-state index contributed by atoms with van der Waals surface area (Å²) in [5, 5.41) is 13.7. The van der Waals surface area contributed by atoms with Crippen LogP contribution in [0.4, 0.5) is 11.4 Å². The smallest absolute Gasteiger partial charge is 0.319 e. The van der Waals surface area contributed by atoms with Crippen molar-refractivity contribution in [1.29, 1.82) is 0 Å². The normalized spacial score (nSPS) is 22.9. The molecule has 3 aliphatic rings. The Morgan fingerprint density at radius 1 is 0.878 bits per heavy atom. The van der Waals surface area contributed by atoms with Gasteiger partial charge >= 0.3 is 5.97 Å². The topological polar surface area (TPSA) is 116 Å². The lowest BCUT2D eigenvalue weighted by Gasteiger charge is -2.38. The highest BCUT2D eigenvalue weighted by Gasteiger charge is 2.61. The molecule has 0 radical (unpaired) electrons. The molecule has 2 heterocycles. The molecule has 0 aromatic heterocycles. The minimum Gasteiger partial charge on any atom is -0.496 e. The number of anilines is 1. The minimum absolute atomic E-state index is 0.163. The zero-order valence-electron chi connectivity index (χ0n) is 21.7. The SMILES string of the molecule is COc1ccc(N2C(=O)[C@@H]3[C@@H]4C(=O)Oc5c(ccc6ccccc56)C4=C[C@@H](c4ccccc4)[C@H]3C2=O)c([N+](=O)[O-])c1. The van der Waals surface area contributed by atoms with E-state index in [9.17, 15) is 24.5 Å². The third kappa shape index (κ3) is 3.58. The van der Waals surface area contributed by atoms with Gasteiger partial charge in [0.15, 0.2) is 0 Å². The molecule has 41 heavy (non-hydrogen) atoms. The van der Waals surface area contributed by atoms with E-state index in [0.717, 1.165) is 21.2 Å². The van der Waals surface area contributed by atoms with Crippen molar-refractivity contribution in [3.63, 3.8) is 0 Å². The van der Waals surface area contributed by atoms with Gasteiger partial charge in [-0.3, -0.25) is 24.5 Å². The zero-order chi connectivity index (χ0) is 28.4. The number of methoxy groups -OCH3 is 1. The number of esters is 1. The van der Waals surface area contributed by atoms with Crippen LogP contribution in [0.5, 0.6) is 11.5 Å². The number of hydrogen-bond acceptors (Lipinski definition) is 7. The Bertz CT molecular complexity index is 1830. The van der Waals surface area contributed by atoms with Crippen molar-refractivity contribution in [2.75, 3.05) is 12.0 Å². The molecule has 1 saturated heterocycles. The quantitative estimate of drug-likeness (QED) is 0.112. The first-order valence-corrected chi connectivity index (χ1v) is 13.1. The van der Waals surface area contributed by atoms with E-state index >= 15 is 0 Å². The molecule has 0 unspecified atom stereocenters. The maximum Gasteiger partial charge on any atom is 0.319 e. The Balaban J connectivity index is 1.43. The highest BCUT2D eigenvalue weighted by molar-refractivity contribution is 6.25. The number of ether oxygens (including phenoxy) is 2. The van der Waals surface area contributed by atoms with Gasteiger partial charge in [-0.05, 0) is 28.7 Å². The van der Waals surface area contributed by atoms with Gasteiger partial charge in [0.2, 0.25) is 11.8 Å². The number of carbonyl (C=O) groups excluding carboxylic acids is 3. The van der Waals surface area contributed by atoms with Crippen molar-refractivity contribution in [2.24, 2.45) is 17.8 Å². The van der Waals surface area contributed by atoms with Crippen molar-refractivity contribution in [1.82, 2.24) is 0 Å². The van der Waals surface area contributed by atoms with Gasteiger partial charge < -0.3 is 9.47 Å². The Morgan fingerprint density at radius 2 is 1.61 bits per heavy atom. The Morgan fingerprint density at radius 3 is 2.37 bits per heavy atom. The Kier molecular flexibility index (Phi) is 5.50. The van der Waals surface area contributed by atoms with Crippen molar-refractivity contribution < 1.29 is 28.8 Å². The van der Waals surface area contributed by atoms with E-state index in [1.54, 1.807) is 0 Å². The number of fused-ring (bicyclic) bond motifs is 7. The Hall–Kier alpha value is -5.31. The molecule has 0 N–H and O–H groups in total. The lowest BCUT2D eigenvalue weighted by Crippen LogP contribution is -2.42. The van der Waals surface area contributed by atoms with Crippen LogP contribution in [0, 0.1) is 27.9 Å². The number of carbonyl (C=O) groups is 3. The molecular weight excluding hydrogens is 524 g/mol. The van der Waals surface area contributed by atoms with E-state index in [-0.39, 0.29) is 11.4 Å². The molecule has 0 spiro atoms. The van der Waals surface area contributed by atoms with Crippen LogP contribution < -0.4 is 14.4 Å². The second kappa shape index (κ2) is 9.12. The summed E-state index contributed by atoms with van der Waals surface area (Å²) in [6.45, 7) is 0. The average Bonchev–Trinajstić information content (AvgIpc) is 3.26. The van der Waals surface area contributed by atoms with E-state index in [0.29, 0.717) is 16.9 Å². The van der Waals surface area contributed by atoms with Crippen LogP contribution in [0.15, 0.2) is 91.0 Å². The van der Waals surface area contributed by atoms with Crippen LogP contribution in [-0.4, -0.2) is 29.8 Å². The maximum absolute atomic E-state index is 14.2. The van der Waals surface area contributed by atoms with Gasteiger partial charge in [-0.15, -0.1) is 0 Å². The molecular formula is C32H22N2O7. The summed E-state index contributed by atoms with van der Waals surface area (Å²) in [7, 11) is 1.37. The molecule has 0 bridgehead atoms. The number of imide groups is 1. The van der Waals surface area contributed by atoms with E-state index in [2.05, 4.69) is 0 Å². The summed E-state index contributed by atoms with van der Waals surface area (Å²) in [5.74, 6) is -4.96. The Labute approximate surface area is 233 Å². The van der Waals surface area contributed by atoms with Crippen molar-refractivity contribution in [3.8, 4) is 11.5 Å².